The summed E-state index contributed by atoms with van der Waals surface area (Å²) in [5.41, 5.74) is 3.33. The lowest BCUT2D eigenvalue weighted by molar-refractivity contribution is -0.858. The minimum absolute atomic E-state index is 0.138. The number of ketones is 1. The standard InChI is InChI=1S/C25H30N2O4/c1-16-7-9-18(10-8-16)22-21(23(28)20-12-11-19(31-5)15-17(20)2)24(29)25(30)27(22)14-6-13-26(3)4/h7-12,15,22,28H,6,13-14H2,1-5H3/p+1/t22-/m0/s1. The van der Waals surface area contributed by atoms with Gasteiger partial charge in [0.25, 0.3) is 11.7 Å². The van der Waals surface area contributed by atoms with Gasteiger partial charge in [0.15, 0.2) is 0 Å². The van der Waals surface area contributed by atoms with Gasteiger partial charge >= 0.3 is 0 Å². The summed E-state index contributed by atoms with van der Waals surface area (Å²) in [6.07, 6.45) is 0.763. The Hall–Kier alpha value is -3.12. The first-order valence-electron chi connectivity index (χ1n) is 10.5. The molecule has 1 aliphatic heterocycles. The van der Waals surface area contributed by atoms with Crippen molar-refractivity contribution >= 4 is 17.4 Å². The molecule has 31 heavy (non-hydrogen) atoms. The van der Waals surface area contributed by atoms with E-state index in [1.807, 2.05) is 38.1 Å². The number of hydrogen-bond donors (Lipinski definition) is 2. The summed E-state index contributed by atoms with van der Waals surface area (Å²) in [5, 5.41) is 11.2. The zero-order valence-electron chi connectivity index (χ0n) is 18.9. The van der Waals surface area contributed by atoms with E-state index >= 15 is 0 Å². The minimum atomic E-state index is -0.643. The van der Waals surface area contributed by atoms with Gasteiger partial charge in [0.05, 0.1) is 39.4 Å². The van der Waals surface area contributed by atoms with Gasteiger partial charge < -0.3 is 19.6 Å². The highest BCUT2D eigenvalue weighted by Gasteiger charge is 2.45. The maximum Gasteiger partial charge on any atom is 0.295 e. The van der Waals surface area contributed by atoms with Crippen LogP contribution < -0.4 is 9.64 Å². The Kier molecular flexibility index (Phi) is 6.81. The van der Waals surface area contributed by atoms with Gasteiger partial charge in [-0.05, 0) is 43.2 Å². The zero-order valence-corrected chi connectivity index (χ0v) is 18.9. The van der Waals surface area contributed by atoms with Crippen molar-refractivity contribution in [2.24, 2.45) is 0 Å². The largest absolute Gasteiger partial charge is 0.507 e. The molecule has 1 heterocycles. The van der Waals surface area contributed by atoms with Crippen molar-refractivity contribution in [3.63, 3.8) is 0 Å². The highest BCUT2D eigenvalue weighted by molar-refractivity contribution is 6.46. The molecule has 0 bridgehead atoms. The Balaban J connectivity index is 2.11. The number of rotatable bonds is 7. The number of quaternary nitrogens is 1. The van der Waals surface area contributed by atoms with Gasteiger partial charge in [-0.2, -0.15) is 0 Å². The molecule has 6 nitrogen and oxygen atoms in total. The first kappa shape index (κ1) is 22.6. The van der Waals surface area contributed by atoms with Crippen molar-refractivity contribution in [3.05, 3.63) is 70.3 Å². The number of nitrogens with zero attached hydrogens (tertiary/aromatic N) is 1. The molecule has 6 heteroatoms. The van der Waals surface area contributed by atoms with Gasteiger partial charge in [-0.1, -0.05) is 29.8 Å². The van der Waals surface area contributed by atoms with E-state index in [9.17, 15) is 14.7 Å². The molecule has 0 aliphatic carbocycles. The molecule has 0 unspecified atom stereocenters. The first-order chi connectivity index (χ1) is 14.7. The third-order valence-electron chi connectivity index (χ3n) is 5.70. The molecule has 1 amide bonds. The monoisotopic (exact) mass is 423 g/mol. The maximum absolute atomic E-state index is 13.1. The zero-order chi connectivity index (χ0) is 22.7. The molecule has 1 fully saturated rings. The quantitative estimate of drug-likeness (QED) is 0.407. The van der Waals surface area contributed by atoms with Gasteiger partial charge in [-0.3, -0.25) is 9.59 Å². The molecular weight excluding hydrogens is 392 g/mol. The fourth-order valence-corrected chi connectivity index (χ4v) is 3.98. The fraction of sp³-hybridized carbons (Fsp3) is 0.360. The Morgan fingerprint density at radius 1 is 1.10 bits per heavy atom. The van der Waals surface area contributed by atoms with Crippen LogP contribution in [0.4, 0.5) is 0 Å². The number of ether oxygens (including phenoxy) is 1. The third-order valence-corrected chi connectivity index (χ3v) is 5.70. The summed E-state index contributed by atoms with van der Waals surface area (Å²) >= 11 is 0. The number of hydrogen-bond acceptors (Lipinski definition) is 4. The number of aryl methyl sites for hydroxylation is 2. The van der Waals surface area contributed by atoms with Gasteiger partial charge in [-0.25, -0.2) is 0 Å². The molecule has 0 saturated carbocycles. The number of likely N-dealkylation sites (tertiary alicyclic amines) is 1. The highest BCUT2D eigenvalue weighted by Crippen LogP contribution is 2.40. The molecule has 0 aromatic heterocycles. The summed E-state index contributed by atoms with van der Waals surface area (Å²) in [4.78, 5) is 28.9. The second kappa shape index (κ2) is 9.35. The summed E-state index contributed by atoms with van der Waals surface area (Å²) in [6.45, 7) is 5.16. The molecule has 1 aliphatic rings. The minimum Gasteiger partial charge on any atom is -0.507 e. The van der Waals surface area contributed by atoms with Crippen molar-refractivity contribution in [3.8, 4) is 5.75 Å². The Bertz CT molecular complexity index is 1010. The van der Waals surface area contributed by atoms with Gasteiger partial charge in [-0.15, -0.1) is 0 Å². The van der Waals surface area contributed by atoms with Crippen molar-refractivity contribution in [2.45, 2.75) is 26.3 Å². The molecule has 2 N–H and O–H groups in total. The number of benzene rings is 2. The summed E-state index contributed by atoms with van der Waals surface area (Å²) in [6, 6.07) is 12.4. The van der Waals surface area contributed by atoms with Gasteiger partial charge in [0, 0.05) is 18.5 Å². The van der Waals surface area contributed by atoms with Crippen molar-refractivity contribution < 1.29 is 24.3 Å². The van der Waals surface area contributed by atoms with Gasteiger partial charge in [0.2, 0.25) is 0 Å². The van der Waals surface area contributed by atoms with E-state index in [2.05, 4.69) is 14.1 Å². The average molecular weight is 424 g/mol. The lowest BCUT2D eigenvalue weighted by Gasteiger charge is -2.25. The summed E-state index contributed by atoms with van der Waals surface area (Å²) in [7, 11) is 5.68. The van der Waals surface area contributed by atoms with Crippen LogP contribution >= 0.6 is 0 Å². The molecule has 2 aromatic carbocycles. The van der Waals surface area contributed by atoms with Crippen LogP contribution in [0.25, 0.3) is 5.76 Å². The maximum atomic E-state index is 13.1. The number of Topliss-reactive ketones (excluding diaryl/α,β-unsaturated/α-hetero) is 1. The lowest BCUT2D eigenvalue weighted by Crippen LogP contribution is -3.05. The third kappa shape index (κ3) is 4.64. The van der Waals surface area contributed by atoms with Crippen LogP contribution in [0.5, 0.6) is 5.75 Å². The van der Waals surface area contributed by atoms with E-state index in [-0.39, 0.29) is 11.3 Å². The van der Waals surface area contributed by atoms with Crippen LogP contribution in [0.15, 0.2) is 48.0 Å². The predicted octanol–water partition coefficient (Wildman–Crippen LogP) is 2.27. The molecule has 164 valence electrons. The van der Waals surface area contributed by atoms with Crippen LogP contribution in [-0.2, 0) is 9.59 Å². The lowest BCUT2D eigenvalue weighted by atomic mass is 9.93. The Labute approximate surface area is 183 Å². The molecule has 2 aromatic rings. The average Bonchev–Trinajstić information content (AvgIpc) is 2.98. The van der Waals surface area contributed by atoms with E-state index in [1.54, 1.807) is 30.2 Å². The molecular formula is C25H31N2O4+. The summed E-state index contributed by atoms with van der Waals surface area (Å²) in [5.74, 6) is -0.692. The molecule has 0 spiro atoms. The Morgan fingerprint density at radius 3 is 2.35 bits per heavy atom. The summed E-state index contributed by atoms with van der Waals surface area (Å²) < 4.78 is 5.25. The van der Waals surface area contributed by atoms with E-state index < -0.39 is 17.7 Å². The fourth-order valence-electron chi connectivity index (χ4n) is 3.98. The van der Waals surface area contributed by atoms with Crippen LogP contribution in [-0.4, -0.2) is 56.0 Å². The SMILES string of the molecule is COc1ccc(C(O)=C2C(=O)C(=O)N(CCC[NH+](C)C)[C@H]2c2ccc(C)cc2)c(C)c1. The van der Waals surface area contributed by atoms with Crippen LogP contribution in [0, 0.1) is 13.8 Å². The molecule has 0 radical (unpaired) electrons. The molecule has 1 saturated heterocycles. The number of carbonyl (C=O) groups is 2. The van der Waals surface area contributed by atoms with E-state index in [0.717, 1.165) is 29.7 Å². The highest BCUT2D eigenvalue weighted by atomic mass is 16.5. The van der Waals surface area contributed by atoms with Crippen molar-refractivity contribution in [1.29, 1.82) is 0 Å². The van der Waals surface area contributed by atoms with E-state index in [4.69, 9.17) is 4.74 Å². The Morgan fingerprint density at radius 2 is 1.77 bits per heavy atom. The van der Waals surface area contributed by atoms with Crippen LogP contribution in [0.3, 0.4) is 0 Å². The number of nitrogens with one attached hydrogen (secondary N) is 1. The second-order valence-corrected chi connectivity index (χ2v) is 8.39. The molecule has 3 rings (SSSR count). The van der Waals surface area contributed by atoms with Crippen LogP contribution in [0.2, 0.25) is 0 Å². The predicted molar refractivity (Wildman–Crippen MR) is 120 cm³/mol. The van der Waals surface area contributed by atoms with Crippen molar-refractivity contribution in [1.82, 2.24) is 4.90 Å². The number of carbonyl (C=O) groups excluding carboxylic acids is 2. The number of aliphatic hydroxyl groups excluding tert-OH is 1. The number of methoxy groups -OCH3 is 1. The number of aliphatic hydroxyl groups is 1. The van der Waals surface area contributed by atoms with Crippen LogP contribution in [0.1, 0.15) is 34.7 Å². The van der Waals surface area contributed by atoms with Crippen molar-refractivity contribution in [2.75, 3.05) is 34.3 Å². The van der Waals surface area contributed by atoms with Gasteiger partial charge in [0.1, 0.15) is 11.5 Å². The smallest absolute Gasteiger partial charge is 0.295 e. The second-order valence-electron chi connectivity index (χ2n) is 8.39. The number of amides is 1. The topological polar surface area (TPSA) is 71.3 Å². The normalized spacial score (nSPS) is 18.1. The van der Waals surface area contributed by atoms with E-state index in [1.165, 1.54) is 4.90 Å². The first-order valence-corrected chi connectivity index (χ1v) is 10.5. The molecule has 1 atom stereocenters. The van der Waals surface area contributed by atoms with E-state index in [0.29, 0.717) is 17.9 Å².